The number of nitrogens with zero attached hydrogens (tertiary/aromatic N) is 1. The van der Waals surface area contributed by atoms with Crippen LogP contribution >= 0.6 is 0 Å². The number of furan rings is 1. The molecule has 0 bridgehead atoms. The van der Waals surface area contributed by atoms with Gasteiger partial charge in [0.25, 0.3) is 10.0 Å². The van der Waals surface area contributed by atoms with Crippen LogP contribution in [-0.2, 0) is 27.7 Å². The Morgan fingerprint density at radius 3 is 2.37 bits per heavy atom. The van der Waals surface area contributed by atoms with Crippen molar-refractivity contribution in [3.8, 4) is 0 Å². The van der Waals surface area contributed by atoms with Crippen LogP contribution in [0.3, 0.4) is 0 Å². The molecule has 1 aromatic heterocycles. The molecule has 2 aromatic carbocycles. The topological polar surface area (TPSA) is 105 Å². The van der Waals surface area contributed by atoms with E-state index in [1.807, 2.05) is 0 Å². The SMILES string of the molecule is C=CCN(c1cc2c(cc1C(=O)c1ccc(C=CC(=O)O)cc1)CCC2)S(=O)(=O)c1ccc(C)o1. The number of carboxylic acid groups (broad SMARTS) is 1. The highest BCUT2D eigenvalue weighted by Crippen LogP contribution is 2.35. The summed E-state index contributed by atoms with van der Waals surface area (Å²) in [4.78, 5) is 24.4. The highest BCUT2D eigenvalue weighted by atomic mass is 32.2. The Kier molecular flexibility index (Phi) is 6.75. The quantitative estimate of drug-likeness (QED) is 0.262. The zero-order valence-corrected chi connectivity index (χ0v) is 20.0. The van der Waals surface area contributed by atoms with Crippen LogP contribution in [0.25, 0.3) is 6.08 Å². The normalized spacial score (nSPS) is 13.1. The zero-order valence-electron chi connectivity index (χ0n) is 19.2. The van der Waals surface area contributed by atoms with Crippen molar-refractivity contribution in [2.75, 3.05) is 10.8 Å². The van der Waals surface area contributed by atoms with Crippen molar-refractivity contribution < 1.29 is 27.5 Å². The van der Waals surface area contributed by atoms with E-state index in [2.05, 4.69) is 6.58 Å². The predicted octanol–water partition coefficient (Wildman–Crippen LogP) is 4.79. The molecule has 180 valence electrons. The number of hydrogen-bond acceptors (Lipinski definition) is 5. The van der Waals surface area contributed by atoms with Crippen LogP contribution in [0.15, 0.2) is 76.8 Å². The molecule has 0 unspecified atom stereocenters. The lowest BCUT2D eigenvalue weighted by atomic mass is 9.96. The molecule has 35 heavy (non-hydrogen) atoms. The Labute approximate surface area is 204 Å². The fraction of sp³-hybridized carbons (Fsp3) is 0.185. The monoisotopic (exact) mass is 491 g/mol. The van der Waals surface area contributed by atoms with Gasteiger partial charge in [-0.25, -0.2) is 4.79 Å². The molecule has 3 aromatic rings. The van der Waals surface area contributed by atoms with Crippen LogP contribution < -0.4 is 4.31 Å². The molecule has 1 heterocycles. The van der Waals surface area contributed by atoms with Gasteiger partial charge in [-0.2, -0.15) is 8.42 Å². The maximum Gasteiger partial charge on any atom is 0.328 e. The van der Waals surface area contributed by atoms with Crippen molar-refractivity contribution in [2.45, 2.75) is 31.3 Å². The Bertz CT molecular complexity index is 1430. The minimum Gasteiger partial charge on any atom is -0.478 e. The summed E-state index contributed by atoms with van der Waals surface area (Å²) in [6.07, 6.45) is 6.48. The summed E-state index contributed by atoms with van der Waals surface area (Å²) >= 11 is 0. The van der Waals surface area contributed by atoms with Crippen LogP contribution in [0.1, 0.15) is 44.8 Å². The average molecular weight is 492 g/mol. The van der Waals surface area contributed by atoms with E-state index in [0.717, 1.165) is 40.8 Å². The van der Waals surface area contributed by atoms with E-state index in [9.17, 15) is 18.0 Å². The predicted molar refractivity (Wildman–Crippen MR) is 133 cm³/mol. The molecule has 0 fully saturated rings. The smallest absolute Gasteiger partial charge is 0.328 e. The third-order valence-corrected chi connectivity index (χ3v) is 7.52. The first-order valence-electron chi connectivity index (χ1n) is 11.1. The van der Waals surface area contributed by atoms with Gasteiger partial charge in [0.1, 0.15) is 5.76 Å². The molecule has 1 N–H and O–H groups in total. The largest absolute Gasteiger partial charge is 0.478 e. The summed E-state index contributed by atoms with van der Waals surface area (Å²) in [6.45, 7) is 5.33. The van der Waals surface area contributed by atoms with Crippen molar-refractivity contribution in [2.24, 2.45) is 0 Å². The number of aliphatic carboxylic acids is 1. The van der Waals surface area contributed by atoms with Crippen molar-refractivity contribution >= 4 is 33.5 Å². The van der Waals surface area contributed by atoms with Crippen molar-refractivity contribution in [3.05, 3.63) is 101 Å². The maximum absolute atomic E-state index is 13.6. The number of carbonyl (C=O) groups excluding carboxylic acids is 1. The minimum absolute atomic E-state index is 0.0416. The Morgan fingerprint density at radius 2 is 1.77 bits per heavy atom. The second kappa shape index (κ2) is 9.76. The van der Waals surface area contributed by atoms with Crippen LogP contribution in [0.4, 0.5) is 5.69 Å². The van der Waals surface area contributed by atoms with Crippen molar-refractivity contribution in [3.63, 3.8) is 0 Å². The summed E-state index contributed by atoms with van der Waals surface area (Å²) in [5.41, 5.74) is 3.59. The zero-order chi connectivity index (χ0) is 25.2. The van der Waals surface area contributed by atoms with Gasteiger partial charge in [-0.05, 0) is 73.2 Å². The van der Waals surface area contributed by atoms with Gasteiger partial charge < -0.3 is 9.52 Å². The Balaban J connectivity index is 1.81. The van der Waals surface area contributed by atoms with Crippen molar-refractivity contribution in [1.29, 1.82) is 0 Å². The van der Waals surface area contributed by atoms with Crippen LogP contribution in [0, 0.1) is 6.92 Å². The number of aryl methyl sites for hydroxylation is 3. The molecule has 4 rings (SSSR count). The first-order valence-corrected chi connectivity index (χ1v) is 12.6. The minimum atomic E-state index is -4.09. The second-order valence-corrected chi connectivity index (χ2v) is 10.1. The average Bonchev–Trinajstić information content (AvgIpc) is 3.49. The molecule has 0 spiro atoms. The lowest BCUT2D eigenvalue weighted by Crippen LogP contribution is -2.32. The fourth-order valence-electron chi connectivity index (χ4n) is 4.17. The summed E-state index contributed by atoms with van der Waals surface area (Å²) in [5, 5.41) is 8.61. The van der Waals surface area contributed by atoms with E-state index in [-0.39, 0.29) is 28.7 Å². The van der Waals surface area contributed by atoms with Gasteiger partial charge in [0.05, 0.1) is 12.2 Å². The highest BCUT2D eigenvalue weighted by Gasteiger charge is 2.32. The second-order valence-electron chi connectivity index (χ2n) is 8.30. The number of fused-ring (bicyclic) bond motifs is 1. The van der Waals surface area contributed by atoms with E-state index in [1.54, 1.807) is 49.4 Å². The van der Waals surface area contributed by atoms with Gasteiger partial charge in [-0.15, -0.1) is 6.58 Å². The molecule has 8 heteroatoms. The summed E-state index contributed by atoms with van der Waals surface area (Å²) in [6, 6.07) is 13.0. The molecular formula is C27H25NO6S. The van der Waals surface area contributed by atoms with Gasteiger partial charge in [-0.3, -0.25) is 9.10 Å². The highest BCUT2D eigenvalue weighted by molar-refractivity contribution is 7.92. The van der Waals surface area contributed by atoms with Crippen LogP contribution in [0.2, 0.25) is 0 Å². The number of hydrogen-bond donors (Lipinski definition) is 1. The Hall–Kier alpha value is -3.91. The van der Waals surface area contributed by atoms with Gasteiger partial charge in [-0.1, -0.05) is 30.3 Å². The molecule has 0 saturated heterocycles. The molecule has 0 atom stereocenters. The molecular weight excluding hydrogens is 466 g/mol. The molecule has 0 aliphatic heterocycles. The van der Waals surface area contributed by atoms with Crippen LogP contribution in [0.5, 0.6) is 0 Å². The summed E-state index contributed by atoms with van der Waals surface area (Å²) < 4.78 is 33.7. The standard InChI is InChI=1S/C27H25NO6S/c1-3-15-28(35(32,33)26-14-7-18(2)34-26)24-17-22-6-4-5-21(22)16-23(24)27(31)20-11-8-19(9-12-20)10-13-25(29)30/h3,7-14,16-17H,1,4-6,15H2,2H3,(H,29,30). The van der Waals surface area contributed by atoms with Gasteiger partial charge in [0, 0.05) is 17.2 Å². The number of sulfonamides is 1. The van der Waals surface area contributed by atoms with E-state index >= 15 is 0 Å². The number of benzene rings is 2. The molecule has 1 aliphatic rings. The number of ketones is 1. The van der Waals surface area contributed by atoms with E-state index < -0.39 is 16.0 Å². The molecule has 1 aliphatic carbocycles. The molecule has 0 saturated carbocycles. The lowest BCUT2D eigenvalue weighted by Gasteiger charge is -2.25. The summed E-state index contributed by atoms with van der Waals surface area (Å²) in [7, 11) is -4.09. The number of anilines is 1. The Morgan fingerprint density at radius 1 is 1.09 bits per heavy atom. The third-order valence-electron chi connectivity index (χ3n) is 5.87. The number of carboxylic acids is 1. The first kappa shape index (κ1) is 24.2. The van der Waals surface area contributed by atoms with E-state index in [0.29, 0.717) is 16.9 Å². The number of rotatable bonds is 9. The molecule has 0 amide bonds. The van der Waals surface area contributed by atoms with Gasteiger partial charge in [0.2, 0.25) is 5.09 Å². The van der Waals surface area contributed by atoms with E-state index in [4.69, 9.17) is 9.52 Å². The lowest BCUT2D eigenvalue weighted by molar-refractivity contribution is -0.131. The summed E-state index contributed by atoms with van der Waals surface area (Å²) in [5.74, 6) is -0.934. The fourth-order valence-corrected chi connectivity index (χ4v) is 5.58. The first-order chi connectivity index (χ1) is 16.7. The van der Waals surface area contributed by atoms with Crippen molar-refractivity contribution in [1.82, 2.24) is 0 Å². The molecule has 0 radical (unpaired) electrons. The van der Waals surface area contributed by atoms with Crippen LogP contribution in [-0.4, -0.2) is 31.8 Å². The number of carbonyl (C=O) groups is 2. The van der Waals surface area contributed by atoms with Gasteiger partial charge in [0.15, 0.2) is 5.78 Å². The van der Waals surface area contributed by atoms with Gasteiger partial charge >= 0.3 is 5.97 Å². The molecule has 7 nitrogen and oxygen atoms in total. The maximum atomic E-state index is 13.6. The third kappa shape index (κ3) is 4.97. The van der Waals surface area contributed by atoms with E-state index in [1.165, 1.54) is 18.2 Å².